The van der Waals surface area contributed by atoms with Gasteiger partial charge in [-0.25, -0.2) is 4.79 Å². The number of nitrogens with zero attached hydrogens (tertiary/aromatic N) is 1. The molecule has 1 heterocycles. The fourth-order valence-electron chi connectivity index (χ4n) is 3.88. The van der Waals surface area contributed by atoms with E-state index in [2.05, 4.69) is 0 Å². The zero-order valence-electron chi connectivity index (χ0n) is 17.6. The van der Waals surface area contributed by atoms with Gasteiger partial charge in [-0.05, 0) is 68.5 Å². The van der Waals surface area contributed by atoms with Crippen molar-refractivity contribution in [3.05, 3.63) is 54.1 Å². The number of benzene rings is 2. The van der Waals surface area contributed by atoms with E-state index in [1.165, 1.54) is 6.92 Å². The quantitative estimate of drug-likeness (QED) is 0.546. The number of carbonyl (C=O) groups excluding carboxylic acids is 3. The Hall–Kier alpha value is -3.15. The minimum atomic E-state index is -0.516. The monoisotopic (exact) mass is 409 g/mol. The summed E-state index contributed by atoms with van der Waals surface area (Å²) in [6.45, 7) is 5.18. The van der Waals surface area contributed by atoms with Gasteiger partial charge < -0.3 is 14.4 Å². The molecule has 3 rings (SSSR count). The van der Waals surface area contributed by atoms with Gasteiger partial charge in [0.15, 0.2) is 6.61 Å². The molecule has 0 aliphatic carbocycles. The van der Waals surface area contributed by atoms with Crippen molar-refractivity contribution in [2.45, 2.75) is 52.1 Å². The molecule has 2 aromatic carbocycles. The Morgan fingerprint density at radius 2 is 1.43 bits per heavy atom. The first kappa shape index (κ1) is 21.6. The summed E-state index contributed by atoms with van der Waals surface area (Å²) in [6.07, 6.45) is 3.07. The van der Waals surface area contributed by atoms with E-state index in [0.717, 1.165) is 30.4 Å². The maximum absolute atomic E-state index is 12.5. The summed E-state index contributed by atoms with van der Waals surface area (Å²) in [5, 5.41) is 0. The highest BCUT2D eigenvalue weighted by Gasteiger charge is 2.29. The van der Waals surface area contributed by atoms with E-state index in [1.54, 1.807) is 24.3 Å². The third-order valence-corrected chi connectivity index (χ3v) is 5.38. The third-order valence-electron chi connectivity index (χ3n) is 5.38. The summed E-state index contributed by atoms with van der Waals surface area (Å²) in [5.74, 6) is -0.549. The smallest absolute Gasteiger partial charge is 0.338 e. The van der Waals surface area contributed by atoms with Gasteiger partial charge in [0.2, 0.25) is 0 Å². The van der Waals surface area contributed by atoms with E-state index in [4.69, 9.17) is 9.47 Å². The number of hydrogen-bond donors (Lipinski definition) is 0. The van der Waals surface area contributed by atoms with Gasteiger partial charge in [-0.1, -0.05) is 24.3 Å². The van der Waals surface area contributed by atoms with Crippen LogP contribution in [0.15, 0.2) is 48.5 Å². The molecule has 2 atom stereocenters. The normalized spacial score (nSPS) is 18.6. The summed E-state index contributed by atoms with van der Waals surface area (Å²) in [7, 11) is 0. The maximum Gasteiger partial charge on any atom is 0.338 e. The summed E-state index contributed by atoms with van der Waals surface area (Å²) in [5.41, 5.74) is 2.23. The van der Waals surface area contributed by atoms with Crippen LogP contribution < -0.4 is 4.74 Å². The van der Waals surface area contributed by atoms with Gasteiger partial charge in [0, 0.05) is 19.0 Å². The lowest BCUT2D eigenvalue weighted by Gasteiger charge is -2.38. The van der Waals surface area contributed by atoms with Gasteiger partial charge in [0.05, 0.1) is 5.56 Å². The molecule has 0 saturated carbocycles. The summed E-state index contributed by atoms with van der Waals surface area (Å²) < 4.78 is 10.3. The number of rotatable bonds is 5. The van der Waals surface area contributed by atoms with E-state index < -0.39 is 5.97 Å². The summed E-state index contributed by atoms with van der Waals surface area (Å²) in [4.78, 5) is 37.7. The summed E-state index contributed by atoms with van der Waals surface area (Å²) in [6, 6.07) is 14.4. The lowest BCUT2D eigenvalue weighted by atomic mass is 9.97. The van der Waals surface area contributed by atoms with Crippen LogP contribution >= 0.6 is 0 Å². The minimum absolute atomic E-state index is 0.146. The second kappa shape index (κ2) is 9.57. The highest BCUT2D eigenvalue weighted by molar-refractivity contribution is 5.92. The Morgan fingerprint density at radius 3 is 1.97 bits per heavy atom. The largest absolute Gasteiger partial charge is 0.452 e. The Balaban J connectivity index is 1.58. The van der Waals surface area contributed by atoms with E-state index in [0.29, 0.717) is 11.3 Å². The zero-order valence-corrected chi connectivity index (χ0v) is 17.6. The highest BCUT2D eigenvalue weighted by Crippen LogP contribution is 2.24. The zero-order chi connectivity index (χ0) is 21.7. The summed E-state index contributed by atoms with van der Waals surface area (Å²) >= 11 is 0. The molecule has 1 saturated heterocycles. The molecule has 0 bridgehead atoms. The van der Waals surface area contributed by atoms with Crippen LogP contribution in [0.4, 0.5) is 0 Å². The molecule has 0 radical (unpaired) electrons. The fourth-order valence-corrected chi connectivity index (χ4v) is 3.88. The van der Waals surface area contributed by atoms with Crippen LogP contribution in [0.25, 0.3) is 11.1 Å². The van der Waals surface area contributed by atoms with Gasteiger partial charge >= 0.3 is 11.9 Å². The lowest BCUT2D eigenvalue weighted by Crippen LogP contribution is -2.49. The van der Waals surface area contributed by atoms with Crippen molar-refractivity contribution < 1.29 is 23.9 Å². The third kappa shape index (κ3) is 5.26. The molecule has 1 fully saturated rings. The molecule has 0 unspecified atom stereocenters. The molecular formula is C24H27NO5. The van der Waals surface area contributed by atoms with Crippen molar-refractivity contribution in [2.24, 2.45) is 0 Å². The molecule has 158 valence electrons. The molecule has 1 aliphatic rings. The van der Waals surface area contributed by atoms with E-state index >= 15 is 0 Å². The molecule has 0 N–H and O–H groups in total. The first-order valence-electron chi connectivity index (χ1n) is 10.2. The van der Waals surface area contributed by atoms with E-state index in [1.807, 2.05) is 43.0 Å². The maximum atomic E-state index is 12.5. The van der Waals surface area contributed by atoms with E-state index in [9.17, 15) is 14.4 Å². The minimum Gasteiger partial charge on any atom is -0.452 e. The van der Waals surface area contributed by atoms with Crippen LogP contribution in [0, 0.1) is 0 Å². The molecule has 0 spiro atoms. The number of esters is 2. The number of carbonyl (C=O) groups is 3. The van der Waals surface area contributed by atoms with Gasteiger partial charge in [-0.3, -0.25) is 9.59 Å². The molecule has 0 aromatic heterocycles. The number of piperidine rings is 1. The van der Waals surface area contributed by atoms with Gasteiger partial charge in [0.1, 0.15) is 5.75 Å². The Morgan fingerprint density at radius 1 is 0.900 bits per heavy atom. The van der Waals surface area contributed by atoms with E-state index in [-0.39, 0.29) is 30.6 Å². The number of hydrogen-bond acceptors (Lipinski definition) is 5. The predicted molar refractivity (Wildman–Crippen MR) is 113 cm³/mol. The number of ether oxygens (including phenoxy) is 2. The first-order chi connectivity index (χ1) is 14.3. The van der Waals surface area contributed by atoms with Crippen molar-refractivity contribution in [2.75, 3.05) is 6.61 Å². The molecule has 2 aromatic rings. The van der Waals surface area contributed by atoms with Crippen molar-refractivity contribution in [1.29, 1.82) is 0 Å². The van der Waals surface area contributed by atoms with Gasteiger partial charge in [-0.15, -0.1) is 0 Å². The average Bonchev–Trinajstić information content (AvgIpc) is 2.72. The van der Waals surface area contributed by atoms with Gasteiger partial charge in [0.25, 0.3) is 5.91 Å². The Bertz CT molecular complexity index is 894. The topological polar surface area (TPSA) is 72.9 Å². The van der Waals surface area contributed by atoms with Crippen LogP contribution in [-0.2, 0) is 14.3 Å². The molecule has 6 heteroatoms. The van der Waals surface area contributed by atoms with Crippen molar-refractivity contribution in [3.8, 4) is 16.9 Å². The predicted octanol–water partition coefficient (Wildman–Crippen LogP) is 4.23. The van der Waals surface area contributed by atoms with Crippen LogP contribution in [0.3, 0.4) is 0 Å². The van der Waals surface area contributed by atoms with Crippen molar-refractivity contribution in [3.63, 3.8) is 0 Å². The SMILES string of the molecule is CC(=O)Oc1ccc(-c2ccc(C(=O)OCC(=O)N3[C@H](C)CCC[C@H]3C)cc2)cc1. The molecular weight excluding hydrogens is 382 g/mol. The average molecular weight is 409 g/mol. The van der Waals surface area contributed by atoms with Crippen LogP contribution in [0.2, 0.25) is 0 Å². The molecule has 6 nitrogen and oxygen atoms in total. The second-order valence-electron chi connectivity index (χ2n) is 7.70. The Labute approximate surface area is 176 Å². The number of likely N-dealkylation sites (tertiary alicyclic amines) is 1. The standard InChI is InChI=1S/C24H27NO5/c1-16-5-4-6-17(2)25(16)23(27)15-29-24(28)21-9-7-19(8-10-21)20-11-13-22(14-12-20)30-18(3)26/h7-14,16-17H,4-6,15H2,1-3H3/t16-,17-/m1/s1. The Kier molecular flexibility index (Phi) is 6.87. The van der Waals surface area contributed by atoms with Crippen molar-refractivity contribution in [1.82, 2.24) is 4.90 Å². The molecule has 1 amide bonds. The fraction of sp³-hybridized carbons (Fsp3) is 0.375. The molecule has 30 heavy (non-hydrogen) atoms. The molecule has 1 aliphatic heterocycles. The van der Waals surface area contributed by atoms with Gasteiger partial charge in [-0.2, -0.15) is 0 Å². The second-order valence-corrected chi connectivity index (χ2v) is 7.70. The van der Waals surface area contributed by atoms with Crippen molar-refractivity contribution >= 4 is 17.8 Å². The highest BCUT2D eigenvalue weighted by atomic mass is 16.5. The first-order valence-corrected chi connectivity index (χ1v) is 10.2. The van der Waals surface area contributed by atoms with Crippen LogP contribution in [0.1, 0.15) is 50.4 Å². The van der Waals surface area contributed by atoms with Crippen LogP contribution in [0.5, 0.6) is 5.75 Å². The van der Waals surface area contributed by atoms with Crippen LogP contribution in [-0.4, -0.2) is 41.4 Å². The lowest BCUT2D eigenvalue weighted by molar-refractivity contribution is -0.140. The number of amides is 1.